The van der Waals surface area contributed by atoms with Crippen molar-refractivity contribution in [1.82, 2.24) is 15.3 Å². The molecule has 7 nitrogen and oxygen atoms in total. The fourth-order valence-electron chi connectivity index (χ4n) is 3.82. The number of rotatable bonds is 3. The molecule has 0 bridgehead atoms. The lowest BCUT2D eigenvalue weighted by Crippen LogP contribution is -2.51. The molecule has 0 unspecified atom stereocenters. The molecule has 0 radical (unpaired) electrons. The quantitative estimate of drug-likeness (QED) is 0.829. The van der Waals surface area contributed by atoms with E-state index < -0.39 is 0 Å². The van der Waals surface area contributed by atoms with E-state index in [1.807, 2.05) is 6.07 Å². The van der Waals surface area contributed by atoms with Crippen LogP contribution in [0.25, 0.3) is 0 Å². The summed E-state index contributed by atoms with van der Waals surface area (Å²) in [6, 6.07) is 5.38. The largest absolute Gasteiger partial charge is 0.489 e. The molecule has 2 fully saturated rings. The van der Waals surface area contributed by atoms with Crippen molar-refractivity contribution >= 4 is 17.7 Å². The average Bonchev–Trinajstić information content (AvgIpc) is 2.93. The van der Waals surface area contributed by atoms with Gasteiger partial charge in [0, 0.05) is 24.9 Å². The molecular formula is C19H23N3O4. The fourth-order valence-corrected chi connectivity index (χ4v) is 3.82. The smallest absolute Gasteiger partial charge is 0.273 e. The van der Waals surface area contributed by atoms with E-state index in [2.05, 4.69) is 12.2 Å². The second-order valence-electron chi connectivity index (χ2n) is 7.26. The lowest BCUT2D eigenvalue weighted by Gasteiger charge is -2.32. The van der Waals surface area contributed by atoms with Gasteiger partial charge >= 0.3 is 0 Å². The summed E-state index contributed by atoms with van der Waals surface area (Å²) in [7, 11) is 0. The number of nitrogens with one attached hydrogen (secondary N) is 1. The van der Waals surface area contributed by atoms with Gasteiger partial charge in [0.05, 0.1) is 6.54 Å². The number of imide groups is 1. The Balaban J connectivity index is 1.53. The Labute approximate surface area is 152 Å². The van der Waals surface area contributed by atoms with Crippen LogP contribution in [0.4, 0.5) is 0 Å². The third kappa shape index (κ3) is 2.96. The molecule has 3 heterocycles. The molecule has 7 heteroatoms. The maximum Gasteiger partial charge on any atom is 0.273 e. The van der Waals surface area contributed by atoms with Gasteiger partial charge in [0.2, 0.25) is 11.8 Å². The molecule has 0 spiro atoms. The molecule has 2 atom stereocenters. The van der Waals surface area contributed by atoms with E-state index >= 15 is 0 Å². The first kappa shape index (κ1) is 17.0. The number of amides is 3. The molecule has 138 valence electrons. The monoisotopic (exact) mass is 357 g/mol. The number of benzene rings is 1. The number of fused-ring (bicyclic) bond motifs is 1. The van der Waals surface area contributed by atoms with Crippen molar-refractivity contribution in [3.8, 4) is 5.75 Å². The third-order valence-electron chi connectivity index (χ3n) is 5.40. The number of carbonyl (C=O) groups is 3. The first-order valence-electron chi connectivity index (χ1n) is 9.22. The van der Waals surface area contributed by atoms with Crippen molar-refractivity contribution in [2.45, 2.75) is 45.3 Å². The van der Waals surface area contributed by atoms with Crippen LogP contribution in [-0.4, -0.2) is 46.9 Å². The second-order valence-corrected chi connectivity index (χ2v) is 7.26. The number of piperidine rings is 2. The number of ether oxygens (including phenoxy) is 1. The maximum absolute atomic E-state index is 12.7. The molecule has 1 N–H and O–H groups in total. The summed E-state index contributed by atoms with van der Waals surface area (Å²) in [5, 5.41) is 5.63. The highest BCUT2D eigenvalue weighted by Crippen LogP contribution is 2.31. The van der Waals surface area contributed by atoms with Crippen LogP contribution in [0.3, 0.4) is 0 Å². The number of hydrogen-bond acceptors (Lipinski definition) is 5. The summed E-state index contributed by atoms with van der Waals surface area (Å²) >= 11 is 0. The van der Waals surface area contributed by atoms with Gasteiger partial charge in [0.15, 0.2) is 0 Å². The first-order valence-corrected chi connectivity index (χ1v) is 9.22. The predicted molar refractivity (Wildman–Crippen MR) is 93.1 cm³/mol. The molecule has 0 saturated carbocycles. The second kappa shape index (κ2) is 6.72. The summed E-state index contributed by atoms with van der Waals surface area (Å²) in [6.07, 6.45) is 2.32. The van der Waals surface area contributed by atoms with Crippen LogP contribution in [0.1, 0.15) is 48.5 Å². The average molecular weight is 357 g/mol. The SMILES string of the molecule is C[C@H]1CCNC[C@@H]1Oc1ccc2c(c1)CN(N1C(=O)CCCC1=O)C2=O. The third-order valence-corrected chi connectivity index (χ3v) is 5.40. The van der Waals surface area contributed by atoms with E-state index in [4.69, 9.17) is 4.74 Å². The van der Waals surface area contributed by atoms with Gasteiger partial charge in [0.1, 0.15) is 11.9 Å². The van der Waals surface area contributed by atoms with Gasteiger partial charge in [-0.15, -0.1) is 0 Å². The van der Waals surface area contributed by atoms with Crippen molar-refractivity contribution < 1.29 is 19.1 Å². The Morgan fingerprint density at radius 1 is 1.15 bits per heavy atom. The van der Waals surface area contributed by atoms with Gasteiger partial charge in [0.25, 0.3) is 5.91 Å². The normalized spacial score (nSPS) is 26.3. The molecule has 4 rings (SSSR count). The molecule has 0 aromatic heterocycles. The summed E-state index contributed by atoms with van der Waals surface area (Å²) in [6.45, 7) is 4.21. The van der Waals surface area contributed by atoms with Crippen LogP contribution in [-0.2, 0) is 16.1 Å². The van der Waals surface area contributed by atoms with E-state index in [0.29, 0.717) is 30.7 Å². The number of carbonyl (C=O) groups excluding carboxylic acids is 3. The topological polar surface area (TPSA) is 79.0 Å². The molecule has 1 aromatic carbocycles. The lowest BCUT2D eigenvalue weighted by atomic mass is 9.97. The van der Waals surface area contributed by atoms with E-state index in [1.54, 1.807) is 12.1 Å². The first-order chi connectivity index (χ1) is 12.5. The van der Waals surface area contributed by atoms with Crippen molar-refractivity contribution in [1.29, 1.82) is 0 Å². The summed E-state index contributed by atoms with van der Waals surface area (Å²) in [5.74, 6) is 0.270. The van der Waals surface area contributed by atoms with Gasteiger partial charge < -0.3 is 10.1 Å². The Morgan fingerprint density at radius 2 is 1.92 bits per heavy atom. The van der Waals surface area contributed by atoms with Crippen LogP contribution < -0.4 is 10.1 Å². The highest BCUT2D eigenvalue weighted by atomic mass is 16.5. The van der Waals surface area contributed by atoms with E-state index in [-0.39, 0.29) is 30.4 Å². The Hall–Kier alpha value is -2.41. The lowest BCUT2D eigenvalue weighted by molar-refractivity contribution is -0.163. The van der Waals surface area contributed by atoms with Crippen LogP contribution in [0, 0.1) is 5.92 Å². The minimum Gasteiger partial charge on any atom is -0.489 e. The number of hydrogen-bond donors (Lipinski definition) is 1. The minimum absolute atomic E-state index is 0.0975. The summed E-state index contributed by atoms with van der Waals surface area (Å²) in [4.78, 5) is 36.9. The van der Waals surface area contributed by atoms with Crippen molar-refractivity contribution in [3.63, 3.8) is 0 Å². The zero-order valence-corrected chi connectivity index (χ0v) is 14.9. The standard InChI is InChI=1S/C19H23N3O4/c1-12-7-8-20-10-16(12)26-14-5-6-15-13(9-14)11-21(19(15)25)22-17(23)3-2-4-18(22)24/h5-6,9,12,16,20H,2-4,7-8,10-11H2,1H3/t12-,16-/m0/s1. The molecule has 2 saturated heterocycles. The molecule has 3 amide bonds. The zero-order chi connectivity index (χ0) is 18.3. The summed E-state index contributed by atoms with van der Waals surface area (Å²) in [5.41, 5.74) is 1.31. The van der Waals surface area contributed by atoms with Crippen LogP contribution in [0.2, 0.25) is 0 Å². The van der Waals surface area contributed by atoms with Gasteiger partial charge in [-0.1, -0.05) is 6.92 Å². The molecule has 3 aliphatic heterocycles. The minimum atomic E-state index is -0.305. The van der Waals surface area contributed by atoms with Crippen LogP contribution in [0.15, 0.2) is 18.2 Å². The van der Waals surface area contributed by atoms with Gasteiger partial charge in [-0.05, 0) is 49.1 Å². The van der Waals surface area contributed by atoms with E-state index in [0.717, 1.165) is 35.8 Å². The Kier molecular flexibility index (Phi) is 4.40. The summed E-state index contributed by atoms with van der Waals surface area (Å²) < 4.78 is 6.11. The Morgan fingerprint density at radius 3 is 2.65 bits per heavy atom. The van der Waals surface area contributed by atoms with Gasteiger partial charge in [-0.3, -0.25) is 14.4 Å². The predicted octanol–water partition coefficient (Wildman–Crippen LogP) is 1.47. The van der Waals surface area contributed by atoms with Crippen molar-refractivity contribution in [2.24, 2.45) is 5.92 Å². The van der Waals surface area contributed by atoms with Crippen molar-refractivity contribution in [3.05, 3.63) is 29.3 Å². The van der Waals surface area contributed by atoms with Gasteiger partial charge in [-0.25, -0.2) is 5.01 Å². The van der Waals surface area contributed by atoms with Crippen molar-refractivity contribution in [2.75, 3.05) is 13.1 Å². The van der Waals surface area contributed by atoms with Crippen LogP contribution in [0.5, 0.6) is 5.75 Å². The Bertz CT molecular complexity index is 747. The van der Waals surface area contributed by atoms with Crippen LogP contribution >= 0.6 is 0 Å². The van der Waals surface area contributed by atoms with E-state index in [9.17, 15) is 14.4 Å². The van der Waals surface area contributed by atoms with E-state index in [1.165, 1.54) is 5.01 Å². The highest BCUT2D eigenvalue weighted by molar-refractivity contribution is 6.04. The molecule has 1 aromatic rings. The highest BCUT2D eigenvalue weighted by Gasteiger charge is 2.39. The number of nitrogens with zero attached hydrogens (tertiary/aromatic N) is 2. The fraction of sp³-hybridized carbons (Fsp3) is 0.526. The molecule has 26 heavy (non-hydrogen) atoms. The molecule has 3 aliphatic rings. The zero-order valence-electron chi connectivity index (χ0n) is 14.9. The molecule has 0 aliphatic carbocycles. The maximum atomic E-state index is 12.7. The van der Waals surface area contributed by atoms with Gasteiger partial charge in [-0.2, -0.15) is 5.01 Å². The molecular weight excluding hydrogens is 334 g/mol. The number of hydrazine groups is 1.